The van der Waals surface area contributed by atoms with E-state index in [1.54, 1.807) is 18.5 Å². The van der Waals surface area contributed by atoms with Crippen LogP contribution >= 0.6 is 11.6 Å². The van der Waals surface area contributed by atoms with Gasteiger partial charge in [-0.25, -0.2) is 19.3 Å². The number of aromatic nitrogens is 4. The van der Waals surface area contributed by atoms with Gasteiger partial charge in [-0.1, -0.05) is 11.6 Å². The van der Waals surface area contributed by atoms with E-state index >= 15 is 0 Å². The summed E-state index contributed by atoms with van der Waals surface area (Å²) < 4.78 is 16.1. The Kier molecular flexibility index (Phi) is 5.99. The van der Waals surface area contributed by atoms with E-state index in [1.165, 1.54) is 43.3 Å². The van der Waals surface area contributed by atoms with Crippen LogP contribution in [-0.4, -0.2) is 57.1 Å². The molecule has 0 radical (unpaired) electrons. The molecule has 2 aromatic heterocycles. The lowest BCUT2D eigenvalue weighted by molar-refractivity contribution is 0.173. The molecule has 2 saturated heterocycles. The average Bonchev–Trinajstić information content (AvgIpc) is 3.47. The third kappa shape index (κ3) is 4.20. The molecule has 34 heavy (non-hydrogen) atoms. The molecule has 0 unspecified atom stereocenters. The minimum Gasteiger partial charge on any atom is -0.356 e. The molecule has 178 valence electrons. The van der Waals surface area contributed by atoms with Crippen molar-refractivity contribution in [1.29, 1.82) is 0 Å². The highest BCUT2D eigenvalue weighted by atomic mass is 35.5. The third-order valence-corrected chi connectivity index (χ3v) is 7.93. The van der Waals surface area contributed by atoms with Gasteiger partial charge in [-0.3, -0.25) is 0 Å². The summed E-state index contributed by atoms with van der Waals surface area (Å²) in [6, 6.07) is 4.88. The summed E-state index contributed by atoms with van der Waals surface area (Å²) in [5.41, 5.74) is 4.32. The van der Waals surface area contributed by atoms with E-state index in [4.69, 9.17) is 16.6 Å². The highest BCUT2D eigenvalue weighted by molar-refractivity contribution is 6.31. The molecular weight excluding hydrogens is 451 g/mol. The summed E-state index contributed by atoms with van der Waals surface area (Å²) in [6.07, 6.45) is 10.6. The number of benzene rings is 1. The maximum atomic E-state index is 13.7. The first-order valence-electron chi connectivity index (χ1n) is 12.5. The van der Waals surface area contributed by atoms with Crippen molar-refractivity contribution >= 4 is 17.4 Å². The van der Waals surface area contributed by atoms with E-state index < -0.39 is 5.82 Å². The van der Waals surface area contributed by atoms with Crippen molar-refractivity contribution in [2.24, 2.45) is 0 Å². The zero-order chi connectivity index (χ0) is 23.1. The maximum Gasteiger partial charge on any atom is 0.141 e. The standard InChI is InChI=1S/C26H30ClFN6/c27-21-15-19(5-6-22(21)28)24-16-34(14-13-32-9-2-10-32)25(31-24)18-7-11-33(12-8-18)26-20-3-1-4-23(20)29-17-30-26/h5-6,15-18H,1-4,7-14H2. The first-order chi connectivity index (χ1) is 16.7. The van der Waals surface area contributed by atoms with Gasteiger partial charge < -0.3 is 14.4 Å². The van der Waals surface area contributed by atoms with Gasteiger partial charge in [0, 0.05) is 55.1 Å². The Morgan fingerprint density at radius 1 is 1.00 bits per heavy atom. The average molecular weight is 481 g/mol. The van der Waals surface area contributed by atoms with Crippen molar-refractivity contribution in [1.82, 2.24) is 24.4 Å². The number of hydrogen-bond acceptors (Lipinski definition) is 5. The highest BCUT2D eigenvalue weighted by Gasteiger charge is 2.29. The number of halogens is 2. The maximum absolute atomic E-state index is 13.7. The van der Waals surface area contributed by atoms with Gasteiger partial charge in [-0.15, -0.1) is 0 Å². The molecule has 1 aliphatic carbocycles. The van der Waals surface area contributed by atoms with Crippen LogP contribution in [0.1, 0.15) is 48.7 Å². The highest BCUT2D eigenvalue weighted by Crippen LogP contribution is 2.35. The molecule has 0 bridgehead atoms. The van der Waals surface area contributed by atoms with Gasteiger partial charge in [0.1, 0.15) is 23.8 Å². The van der Waals surface area contributed by atoms with Gasteiger partial charge in [0.05, 0.1) is 10.7 Å². The summed E-state index contributed by atoms with van der Waals surface area (Å²) in [4.78, 5) is 19.1. The molecule has 2 aliphatic heterocycles. The van der Waals surface area contributed by atoms with E-state index in [-0.39, 0.29) is 5.02 Å². The lowest BCUT2D eigenvalue weighted by Crippen LogP contribution is -2.39. The van der Waals surface area contributed by atoms with Crippen LogP contribution < -0.4 is 4.90 Å². The summed E-state index contributed by atoms with van der Waals surface area (Å²) in [6.45, 7) is 6.30. The van der Waals surface area contributed by atoms with Gasteiger partial charge in [-0.05, 0) is 69.8 Å². The van der Waals surface area contributed by atoms with E-state index in [0.29, 0.717) is 5.92 Å². The Labute approximate surface area is 204 Å². The summed E-state index contributed by atoms with van der Waals surface area (Å²) in [5.74, 6) is 2.28. The lowest BCUT2D eigenvalue weighted by Gasteiger charge is -2.34. The first kappa shape index (κ1) is 22.0. The van der Waals surface area contributed by atoms with Crippen molar-refractivity contribution in [2.45, 2.75) is 51.0 Å². The fraction of sp³-hybridized carbons (Fsp3) is 0.500. The zero-order valence-corrected chi connectivity index (χ0v) is 20.1. The van der Waals surface area contributed by atoms with Crippen molar-refractivity contribution in [2.75, 3.05) is 37.6 Å². The lowest BCUT2D eigenvalue weighted by atomic mass is 9.95. The van der Waals surface area contributed by atoms with Crippen molar-refractivity contribution in [3.63, 3.8) is 0 Å². The van der Waals surface area contributed by atoms with Gasteiger partial charge in [0.15, 0.2) is 0 Å². The van der Waals surface area contributed by atoms with Crippen LogP contribution in [0.25, 0.3) is 11.3 Å². The number of imidazole rings is 1. The van der Waals surface area contributed by atoms with E-state index in [9.17, 15) is 4.39 Å². The smallest absolute Gasteiger partial charge is 0.141 e. The number of anilines is 1. The predicted molar refractivity (Wildman–Crippen MR) is 132 cm³/mol. The van der Waals surface area contributed by atoms with E-state index in [0.717, 1.165) is 74.8 Å². The Balaban J connectivity index is 1.23. The number of piperidine rings is 1. The molecule has 3 aliphatic rings. The van der Waals surface area contributed by atoms with Crippen LogP contribution in [-0.2, 0) is 19.4 Å². The summed E-state index contributed by atoms with van der Waals surface area (Å²) in [7, 11) is 0. The molecule has 6 nitrogen and oxygen atoms in total. The molecule has 4 heterocycles. The third-order valence-electron chi connectivity index (χ3n) is 7.64. The quantitative estimate of drug-likeness (QED) is 0.511. The van der Waals surface area contributed by atoms with Crippen LogP contribution in [0, 0.1) is 5.82 Å². The number of hydrogen-bond donors (Lipinski definition) is 0. The van der Waals surface area contributed by atoms with Crippen molar-refractivity contribution in [3.8, 4) is 11.3 Å². The van der Waals surface area contributed by atoms with E-state index in [1.807, 2.05) is 0 Å². The molecule has 3 aromatic rings. The molecule has 0 atom stereocenters. The number of fused-ring (bicyclic) bond motifs is 1. The second-order valence-electron chi connectivity index (χ2n) is 9.74. The molecule has 2 fully saturated rings. The van der Waals surface area contributed by atoms with Crippen LogP contribution in [0.4, 0.5) is 10.2 Å². The van der Waals surface area contributed by atoms with Gasteiger partial charge >= 0.3 is 0 Å². The molecule has 6 rings (SSSR count). The number of aryl methyl sites for hydroxylation is 1. The SMILES string of the molecule is Fc1ccc(-c2cn(CCN3CCC3)c(C3CCN(c4ncnc5c4CCC5)CC3)n2)cc1Cl. The van der Waals surface area contributed by atoms with E-state index in [2.05, 4.69) is 30.5 Å². The first-order valence-corrected chi connectivity index (χ1v) is 12.9. The minimum atomic E-state index is -0.397. The molecule has 0 amide bonds. The fourth-order valence-electron chi connectivity index (χ4n) is 5.55. The molecule has 1 aromatic carbocycles. The Morgan fingerprint density at radius 2 is 1.85 bits per heavy atom. The Bertz CT molecular complexity index is 1180. The van der Waals surface area contributed by atoms with Crippen LogP contribution in [0.5, 0.6) is 0 Å². The molecule has 0 spiro atoms. The molecule has 0 N–H and O–H groups in total. The normalized spacial score (nSPS) is 18.8. The van der Waals surface area contributed by atoms with Gasteiger partial charge in [0.25, 0.3) is 0 Å². The second-order valence-corrected chi connectivity index (χ2v) is 10.1. The largest absolute Gasteiger partial charge is 0.356 e. The summed E-state index contributed by atoms with van der Waals surface area (Å²) in [5, 5.41) is 0.139. The predicted octanol–water partition coefficient (Wildman–Crippen LogP) is 4.71. The molecule has 0 saturated carbocycles. The van der Waals surface area contributed by atoms with Crippen LogP contribution in [0.15, 0.2) is 30.7 Å². The van der Waals surface area contributed by atoms with Crippen LogP contribution in [0.3, 0.4) is 0 Å². The van der Waals surface area contributed by atoms with Gasteiger partial charge in [-0.2, -0.15) is 0 Å². The fourth-order valence-corrected chi connectivity index (χ4v) is 5.73. The van der Waals surface area contributed by atoms with Crippen molar-refractivity contribution in [3.05, 3.63) is 58.6 Å². The Hall–Kier alpha value is -2.51. The number of likely N-dealkylation sites (tertiary alicyclic amines) is 1. The summed E-state index contributed by atoms with van der Waals surface area (Å²) >= 11 is 6.07. The minimum absolute atomic E-state index is 0.139. The topological polar surface area (TPSA) is 50.1 Å². The van der Waals surface area contributed by atoms with Gasteiger partial charge in [0.2, 0.25) is 0 Å². The van der Waals surface area contributed by atoms with Crippen molar-refractivity contribution < 1.29 is 4.39 Å². The molecule has 8 heteroatoms. The molecular formula is C26H30ClFN6. The zero-order valence-electron chi connectivity index (χ0n) is 19.4. The number of nitrogens with zero attached hydrogens (tertiary/aromatic N) is 6. The van der Waals surface area contributed by atoms with Crippen LogP contribution in [0.2, 0.25) is 5.02 Å². The second kappa shape index (κ2) is 9.27. The Morgan fingerprint density at radius 3 is 2.62 bits per heavy atom. The number of rotatable bonds is 6. The monoisotopic (exact) mass is 480 g/mol.